The maximum absolute atomic E-state index is 13.0. The Hall–Kier alpha value is -1.27. The van der Waals surface area contributed by atoms with Gasteiger partial charge in [0.25, 0.3) is 0 Å². The molecule has 2 fully saturated rings. The van der Waals surface area contributed by atoms with Crippen LogP contribution in [0.4, 0.5) is 13.2 Å². The van der Waals surface area contributed by atoms with Crippen molar-refractivity contribution in [3.05, 3.63) is 35.4 Å². The van der Waals surface area contributed by atoms with Crippen molar-refractivity contribution in [3.8, 4) is 0 Å². The summed E-state index contributed by atoms with van der Waals surface area (Å²) < 4.78 is 38.8. The average Bonchev–Trinajstić information content (AvgIpc) is 3.24. The monoisotopic (exact) mass is 362 g/mol. The van der Waals surface area contributed by atoms with Crippen molar-refractivity contribution in [2.45, 2.75) is 43.8 Å². The topological polar surface area (TPSA) is 46.3 Å². The van der Waals surface area contributed by atoms with Crippen LogP contribution in [0.3, 0.4) is 0 Å². The Morgan fingerprint density at radius 1 is 1.38 bits per heavy atom. The minimum absolute atomic E-state index is 0. The number of halogens is 4. The zero-order valence-corrected chi connectivity index (χ0v) is 14.3. The molecule has 2 N–H and O–H groups in total. The van der Waals surface area contributed by atoms with Crippen LogP contribution in [0.25, 0.3) is 0 Å². The van der Waals surface area contributed by atoms with Gasteiger partial charge in [-0.15, -0.1) is 12.4 Å². The maximum Gasteiger partial charge on any atom is 0.416 e. The lowest BCUT2D eigenvalue weighted by molar-refractivity contribution is -0.138. The molecular formula is C17H22ClF3N2O. The normalized spacial score (nSPS) is 25.3. The number of rotatable bonds is 3. The third-order valence-electron chi connectivity index (χ3n) is 5.16. The second-order valence-corrected chi connectivity index (χ2v) is 6.80. The molecule has 3 rings (SSSR count). The number of nitrogens with two attached hydrogens (primary N) is 1. The van der Waals surface area contributed by atoms with Gasteiger partial charge >= 0.3 is 6.18 Å². The maximum atomic E-state index is 13.0. The molecule has 1 aromatic carbocycles. The van der Waals surface area contributed by atoms with E-state index in [9.17, 15) is 18.0 Å². The van der Waals surface area contributed by atoms with E-state index in [4.69, 9.17) is 5.73 Å². The van der Waals surface area contributed by atoms with E-state index >= 15 is 0 Å². The fourth-order valence-corrected chi connectivity index (χ4v) is 3.62. The van der Waals surface area contributed by atoms with Crippen LogP contribution in [0, 0.1) is 5.92 Å². The van der Waals surface area contributed by atoms with Gasteiger partial charge in [0.05, 0.1) is 11.0 Å². The number of hydrogen-bond acceptors (Lipinski definition) is 2. The van der Waals surface area contributed by atoms with Gasteiger partial charge in [-0.1, -0.05) is 18.2 Å². The zero-order valence-electron chi connectivity index (χ0n) is 13.5. The highest BCUT2D eigenvalue weighted by Crippen LogP contribution is 2.51. The first-order chi connectivity index (χ1) is 10.8. The molecule has 1 heterocycles. The number of carbonyl (C=O) groups is 1. The predicted octanol–water partition coefficient (Wildman–Crippen LogP) is 3.35. The van der Waals surface area contributed by atoms with Gasteiger partial charge < -0.3 is 10.6 Å². The van der Waals surface area contributed by atoms with Crippen LogP contribution < -0.4 is 5.73 Å². The highest BCUT2D eigenvalue weighted by atomic mass is 35.5. The van der Waals surface area contributed by atoms with Gasteiger partial charge in [-0.05, 0) is 50.3 Å². The molecule has 3 nitrogen and oxygen atoms in total. The van der Waals surface area contributed by atoms with Gasteiger partial charge in [0.2, 0.25) is 5.91 Å². The first-order valence-electron chi connectivity index (χ1n) is 7.97. The summed E-state index contributed by atoms with van der Waals surface area (Å²) in [7, 11) is 0. The van der Waals surface area contributed by atoms with Gasteiger partial charge in [0.1, 0.15) is 0 Å². The summed E-state index contributed by atoms with van der Waals surface area (Å²) >= 11 is 0. The third-order valence-corrected chi connectivity index (χ3v) is 5.16. The molecule has 0 spiro atoms. The molecular weight excluding hydrogens is 341 g/mol. The zero-order chi connectivity index (χ0) is 16.8. The SMILES string of the molecule is CC1CC(CN)CN1C(=O)C1(c2cccc(C(F)(F)F)c2)CC1.Cl. The van der Waals surface area contributed by atoms with E-state index in [-0.39, 0.29) is 30.3 Å². The molecule has 7 heteroatoms. The van der Waals surface area contributed by atoms with Crippen molar-refractivity contribution in [2.75, 3.05) is 13.1 Å². The van der Waals surface area contributed by atoms with Crippen LogP contribution in [-0.4, -0.2) is 29.9 Å². The number of benzene rings is 1. The average molecular weight is 363 g/mol. The molecule has 1 amide bonds. The molecule has 0 bridgehead atoms. The molecule has 134 valence electrons. The highest BCUT2D eigenvalue weighted by molar-refractivity contribution is 5.91. The molecule has 1 aliphatic carbocycles. The fraction of sp³-hybridized carbons (Fsp3) is 0.588. The Balaban J connectivity index is 0.00000208. The molecule has 0 radical (unpaired) electrons. The van der Waals surface area contributed by atoms with Gasteiger partial charge in [-0.2, -0.15) is 13.2 Å². The van der Waals surface area contributed by atoms with Crippen LogP contribution in [-0.2, 0) is 16.4 Å². The largest absolute Gasteiger partial charge is 0.416 e. The number of alkyl halides is 3. The summed E-state index contributed by atoms with van der Waals surface area (Å²) in [5, 5.41) is 0. The van der Waals surface area contributed by atoms with E-state index in [2.05, 4.69) is 0 Å². The Bertz CT molecular complexity index is 616. The molecule has 0 aromatic heterocycles. The van der Waals surface area contributed by atoms with Crippen LogP contribution >= 0.6 is 12.4 Å². The Labute approximate surface area is 145 Å². The minimum atomic E-state index is -4.39. The Morgan fingerprint density at radius 3 is 2.54 bits per heavy atom. The van der Waals surface area contributed by atoms with Gasteiger partial charge in [0, 0.05) is 12.6 Å². The number of hydrogen-bond donors (Lipinski definition) is 1. The Morgan fingerprint density at radius 2 is 2.04 bits per heavy atom. The van der Waals surface area contributed by atoms with Crippen molar-refractivity contribution in [1.29, 1.82) is 0 Å². The molecule has 1 saturated heterocycles. The first kappa shape index (κ1) is 19.1. The summed E-state index contributed by atoms with van der Waals surface area (Å²) in [6, 6.07) is 5.31. The lowest BCUT2D eigenvalue weighted by Gasteiger charge is -2.27. The van der Waals surface area contributed by atoms with Gasteiger partial charge in [-0.25, -0.2) is 0 Å². The van der Waals surface area contributed by atoms with Crippen molar-refractivity contribution in [1.82, 2.24) is 4.90 Å². The fourth-order valence-electron chi connectivity index (χ4n) is 3.62. The van der Waals surface area contributed by atoms with Crippen molar-refractivity contribution >= 4 is 18.3 Å². The lowest BCUT2D eigenvalue weighted by atomic mass is 9.92. The van der Waals surface area contributed by atoms with Crippen LogP contribution in [0.15, 0.2) is 24.3 Å². The molecule has 24 heavy (non-hydrogen) atoms. The minimum Gasteiger partial charge on any atom is -0.339 e. The molecule has 2 atom stereocenters. The Kier molecular flexibility index (Phi) is 5.21. The second-order valence-electron chi connectivity index (χ2n) is 6.80. The van der Waals surface area contributed by atoms with E-state index in [0.29, 0.717) is 31.5 Å². The van der Waals surface area contributed by atoms with Crippen molar-refractivity contribution < 1.29 is 18.0 Å². The summed E-state index contributed by atoms with van der Waals surface area (Å²) in [4.78, 5) is 14.8. The van der Waals surface area contributed by atoms with Crippen molar-refractivity contribution in [2.24, 2.45) is 11.7 Å². The molecule has 1 aliphatic heterocycles. The van der Waals surface area contributed by atoms with E-state index in [0.717, 1.165) is 18.6 Å². The first-order valence-corrected chi connectivity index (χ1v) is 7.97. The molecule has 1 saturated carbocycles. The standard InChI is InChI=1S/C17H21F3N2O.ClH/c1-11-7-12(9-21)10-22(11)15(23)16(5-6-16)13-3-2-4-14(8-13)17(18,19)20;/h2-4,8,11-12H,5-7,9-10,21H2,1H3;1H. The smallest absolute Gasteiger partial charge is 0.339 e. The van der Waals surface area contributed by atoms with Crippen LogP contribution in [0.1, 0.15) is 37.3 Å². The second kappa shape index (κ2) is 6.56. The van der Waals surface area contributed by atoms with E-state index in [1.807, 2.05) is 11.8 Å². The van der Waals surface area contributed by atoms with E-state index in [1.165, 1.54) is 6.07 Å². The molecule has 2 unspecified atom stereocenters. The summed E-state index contributed by atoms with van der Waals surface area (Å²) in [5.41, 5.74) is 4.73. The predicted molar refractivity (Wildman–Crippen MR) is 87.9 cm³/mol. The quantitative estimate of drug-likeness (QED) is 0.896. The van der Waals surface area contributed by atoms with Crippen LogP contribution in [0.5, 0.6) is 0 Å². The third kappa shape index (κ3) is 3.26. The van der Waals surface area contributed by atoms with Crippen LogP contribution in [0.2, 0.25) is 0 Å². The summed E-state index contributed by atoms with van der Waals surface area (Å²) in [6.07, 6.45) is -2.30. The summed E-state index contributed by atoms with van der Waals surface area (Å²) in [5.74, 6) is 0.242. The number of amides is 1. The molecule has 2 aliphatic rings. The highest BCUT2D eigenvalue weighted by Gasteiger charge is 2.55. The van der Waals surface area contributed by atoms with Gasteiger partial charge in [-0.3, -0.25) is 4.79 Å². The van der Waals surface area contributed by atoms with Gasteiger partial charge in [0.15, 0.2) is 0 Å². The lowest BCUT2D eigenvalue weighted by Crippen LogP contribution is -2.41. The molecule has 1 aromatic rings. The number of likely N-dealkylation sites (tertiary alicyclic amines) is 1. The van der Waals surface area contributed by atoms with Crippen molar-refractivity contribution in [3.63, 3.8) is 0 Å². The number of carbonyl (C=O) groups excluding carboxylic acids is 1. The van der Waals surface area contributed by atoms with E-state index < -0.39 is 17.2 Å². The van der Waals surface area contributed by atoms with E-state index in [1.54, 1.807) is 6.07 Å². The number of nitrogens with zero attached hydrogens (tertiary/aromatic N) is 1. The summed E-state index contributed by atoms with van der Waals surface area (Å²) in [6.45, 7) is 3.12.